The molecule has 0 aliphatic carbocycles. The van der Waals surface area contributed by atoms with Crippen LogP contribution < -0.4 is 10.1 Å². The molecule has 0 bridgehead atoms. The van der Waals surface area contributed by atoms with Gasteiger partial charge in [0.05, 0.1) is 67.6 Å². The second-order valence-electron chi connectivity index (χ2n) is 18.2. The predicted molar refractivity (Wildman–Crippen MR) is 287 cm³/mol. The van der Waals surface area contributed by atoms with Crippen molar-refractivity contribution in [2.45, 2.75) is 33.5 Å². The molecule has 3 N–H and O–H groups in total. The number of carbonyl (C=O) groups excluding carboxylic acids is 5. The first-order valence-corrected chi connectivity index (χ1v) is 24.2. The van der Waals surface area contributed by atoms with Gasteiger partial charge in [0.15, 0.2) is 0 Å². The van der Waals surface area contributed by atoms with Gasteiger partial charge in [-0.25, -0.2) is 29.1 Å². The van der Waals surface area contributed by atoms with Crippen LogP contribution in [0.15, 0.2) is 176 Å². The lowest BCUT2D eigenvalue weighted by atomic mass is 10.0. The Morgan fingerprint density at radius 2 is 1.01 bits per heavy atom. The molecule has 1 aliphatic heterocycles. The van der Waals surface area contributed by atoms with Crippen molar-refractivity contribution < 1.29 is 53.2 Å². The number of ether oxygens (including phenoxy) is 2. The van der Waals surface area contributed by atoms with Crippen molar-refractivity contribution in [1.82, 2.24) is 20.2 Å². The number of hydrogen-bond donors (Lipinski definition) is 3. The van der Waals surface area contributed by atoms with Crippen LogP contribution in [0.2, 0.25) is 0 Å². The number of rotatable bonds is 12. The van der Waals surface area contributed by atoms with Crippen molar-refractivity contribution in [3.05, 3.63) is 243 Å². The molecule has 0 unspecified atom stereocenters. The number of aromatic nitrogens is 2. The summed E-state index contributed by atoms with van der Waals surface area (Å²) in [5.41, 5.74) is 7.24. The van der Waals surface area contributed by atoms with Crippen LogP contribution in [0.4, 0.5) is 0 Å². The molecule has 11 rings (SSSR count). The van der Waals surface area contributed by atoms with Crippen LogP contribution in [0.25, 0.3) is 43.6 Å². The number of amides is 3. The van der Waals surface area contributed by atoms with E-state index in [4.69, 9.17) is 14.5 Å². The second kappa shape index (κ2) is 21.2. The summed E-state index contributed by atoms with van der Waals surface area (Å²) in [5.74, 6) is -4.23. The Hall–Kier alpha value is -10.4. The summed E-state index contributed by atoms with van der Waals surface area (Å²) >= 11 is 0. The number of carboxylic acid groups (broad SMARTS) is 2. The molecule has 2 aromatic heterocycles. The maximum atomic E-state index is 14.1. The van der Waals surface area contributed by atoms with E-state index in [9.17, 15) is 43.8 Å². The van der Waals surface area contributed by atoms with Crippen molar-refractivity contribution in [3.8, 4) is 5.75 Å². The van der Waals surface area contributed by atoms with E-state index in [1.807, 2.05) is 48.5 Å². The first-order valence-electron chi connectivity index (χ1n) is 24.2. The molecule has 378 valence electrons. The van der Waals surface area contributed by atoms with E-state index < -0.39 is 29.8 Å². The average Bonchev–Trinajstić information content (AvgIpc) is 3.75. The molecule has 0 atom stereocenters. The van der Waals surface area contributed by atoms with Gasteiger partial charge in [-0.2, -0.15) is 0 Å². The lowest BCUT2D eigenvalue weighted by Crippen LogP contribution is -2.29. The number of fused-ring (bicyclic) bond motifs is 5. The zero-order valence-electron chi connectivity index (χ0n) is 41.3. The fraction of sp³-hybridized carbons (Fsp3) is 0.0806. The smallest absolute Gasteiger partial charge is 0.344 e. The Kier molecular flexibility index (Phi) is 13.8. The number of benzene rings is 8. The highest BCUT2D eigenvalue weighted by Gasteiger charge is 2.35. The summed E-state index contributed by atoms with van der Waals surface area (Å²) < 4.78 is 11.6. The number of pyridine rings is 2. The molecule has 3 heterocycles. The molecule has 0 fully saturated rings. The van der Waals surface area contributed by atoms with Gasteiger partial charge in [-0.1, -0.05) is 103 Å². The van der Waals surface area contributed by atoms with Crippen molar-refractivity contribution in [2.75, 3.05) is 0 Å². The van der Waals surface area contributed by atoms with E-state index in [2.05, 4.69) is 10.3 Å². The maximum absolute atomic E-state index is 14.1. The van der Waals surface area contributed by atoms with E-state index in [0.717, 1.165) is 5.56 Å². The zero-order valence-corrected chi connectivity index (χ0v) is 41.3. The summed E-state index contributed by atoms with van der Waals surface area (Å²) in [6, 6.07) is 50.2. The van der Waals surface area contributed by atoms with Crippen molar-refractivity contribution in [1.29, 1.82) is 0 Å². The number of imide groups is 1. The molecular formula is C62H44N4O11. The molecule has 0 spiro atoms. The fourth-order valence-corrected chi connectivity index (χ4v) is 9.43. The number of aryl methyl sites for hydroxylation is 2. The number of nitrogens with one attached hydrogen (secondary N) is 1. The van der Waals surface area contributed by atoms with Gasteiger partial charge < -0.3 is 25.0 Å². The Balaban J connectivity index is 0.000000193. The third-order valence-electron chi connectivity index (χ3n) is 13.1. The van der Waals surface area contributed by atoms with Crippen LogP contribution >= 0.6 is 0 Å². The first kappa shape index (κ1) is 50.1. The van der Waals surface area contributed by atoms with Crippen LogP contribution in [0.1, 0.15) is 100 Å². The van der Waals surface area contributed by atoms with Gasteiger partial charge >= 0.3 is 23.9 Å². The minimum Gasteiger partial charge on any atom is -0.478 e. The molecule has 0 radical (unpaired) electrons. The molecule has 10 aromatic rings. The first-order chi connectivity index (χ1) is 37.2. The SMILES string of the molecule is Cc1cc(C(=O)OCc2ccccc2)cc(C)c1OC(=O)c1c2ccccc2nc2ccc(CN3C(=O)c4ccccc4C3=O)cc12.O=C(O)c1ccccc1C(=O)NCc1ccc2nc3ccccc3c(C(=O)O)c2c1. The van der Waals surface area contributed by atoms with Gasteiger partial charge in [-0.05, 0) is 114 Å². The highest BCUT2D eigenvalue weighted by molar-refractivity contribution is 6.21. The zero-order chi connectivity index (χ0) is 53.9. The molecule has 77 heavy (non-hydrogen) atoms. The number of nitrogens with zero attached hydrogens (tertiary/aromatic N) is 3. The quantitative estimate of drug-likeness (QED) is 0.0449. The summed E-state index contributed by atoms with van der Waals surface area (Å²) in [5, 5.41) is 23.8. The second-order valence-corrected chi connectivity index (χ2v) is 18.2. The molecule has 1 aliphatic rings. The Morgan fingerprint density at radius 3 is 1.62 bits per heavy atom. The lowest BCUT2D eigenvalue weighted by molar-refractivity contribution is 0.0471. The van der Waals surface area contributed by atoms with Gasteiger partial charge in [-0.3, -0.25) is 19.3 Å². The van der Waals surface area contributed by atoms with Crippen LogP contribution in [-0.4, -0.2) is 66.7 Å². The van der Waals surface area contributed by atoms with E-state index in [-0.39, 0.29) is 48.2 Å². The Morgan fingerprint density at radius 1 is 0.506 bits per heavy atom. The molecule has 8 aromatic carbocycles. The number of aromatic carboxylic acids is 2. The van der Waals surface area contributed by atoms with E-state index in [1.165, 1.54) is 17.0 Å². The number of para-hydroxylation sites is 2. The number of esters is 2. The third kappa shape index (κ3) is 10.2. The number of carbonyl (C=O) groups is 7. The van der Waals surface area contributed by atoms with Gasteiger partial charge in [0.1, 0.15) is 12.4 Å². The Bertz CT molecular complexity index is 4040. The molecule has 0 saturated heterocycles. The standard InChI is InChI=1S/C39H28N2O6.C23H16N2O5/c1-23-18-27(38(44)46-22-25-10-4-3-5-11-25)19-24(2)35(23)47-39(45)34-30-14-8-9-15-32(30)40-33-17-16-26(20-31(33)34)21-41-36(42)28-12-6-7-13-29(28)37(41)43;26-21(14-5-1-2-6-15(14)22(27)28)24-12-13-9-10-19-17(11-13)20(23(29)30)16-7-3-4-8-18(16)25-19/h3-20H,21-22H2,1-2H3;1-11H,12H2,(H,24,26)(H,27,28)(H,29,30). The van der Waals surface area contributed by atoms with Crippen LogP contribution in [-0.2, 0) is 24.4 Å². The molecule has 15 heteroatoms. The summed E-state index contributed by atoms with van der Waals surface area (Å²) in [4.78, 5) is 99.2. The van der Waals surface area contributed by atoms with Crippen LogP contribution in [0.3, 0.4) is 0 Å². The fourth-order valence-electron chi connectivity index (χ4n) is 9.43. The lowest BCUT2D eigenvalue weighted by Gasteiger charge is -2.17. The molecule has 0 saturated carbocycles. The molecular weight excluding hydrogens is 977 g/mol. The van der Waals surface area contributed by atoms with Crippen LogP contribution in [0, 0.1) is 13.8 Å². The minimum absolute atomic E-state index is 0.0314. The minimum atomic E-state index is -1.18. The average molecular weight is 1020 g/mol. The van der Waals surface area contributed by atoms with Gasteiger partial charge in [-0.15, -0.1) is 0 Å². The van der Waals surface area contributed by atoms with E-state index in [1.54, 1.807) is 129 Å². The number of hydrogen-bond acceptors (Lipinski definition) is 11. The van der Waals surface area contributed by atoms with Gasteiger partial charge in [0, 0.05) is 28.1 Å². The molecule has 15 nitrogen and oxygen atoms in total. The summed E-state index contributed by atoms with van der Waals surface area (Å²) in [6.07, 6.45) is 0. The third-order valence-corrected chi connectivity index (χ3v) is 13.1. The van der Waals surface area contributed by atoms with E-state index >= 15 is 0 Å². The summed E-state index contributed by atoms with van der Waals surface area (Å²) in [7, 11) is 0. The monoisotopic (exact) mass is 1020 g/mol. The van der Waals surface area contributed by atoms with Crippen molar-refractivity contribution in [3.63, 3.8) is 0 Å². The maximum Gasteiger partial charge on any atom is 0.344 e. The summed E-state index contributed by atoms with van der Waals surface area (Å²) in [6.45, 7) is 3.82. The Labute approximate surface area is 439 Å². The van der Waals surface area contributed by atoms with Crippen molar-refractivity contribution in [2.24, 2.45) is 0 Å². The normalized spacial score (nSPS) is 11.8. The highest BCUT2D eigenvalue weighted by Crippen LogP contribution is 2.33. The molecule has 3 amide bonds. The van der Waals surface area contributed by atoms with Crippen molar-refractivity contribution >= 4 is 85.2 Å². The highest BCUT2D eigenvalue weighted by atomic mass is 16.5. The van der Waals surface area contributed by atoms with Gasteiger partial charge in [0.25, 0.3) is 17.7 Å². The van der Waals surface area contributed by atoms with Gasteiger partial charge in [0.2, 0.25) is 0 Å². The largest absolute Gasteiger partial charge is 0.478 e. The predicted octanol–water partition coefficient (Wildman–Crippen LogP) is 11.1. The van der Waals surface area contributed by atoms with Crippen LogP contribution in [0.5, 0.6) is 5.75 Å². The topological polar surface area (TPSA) is 219 Å². The van der Waals surface area contributed by atoms with E-state index in [0.29, 0.717) is 93.9 Å². The number of carboxylic acids is 2.